The molecular formula is C42H46O22. The number of rotatable bonds is 12. The number of hydrogen-bond donors (Lipinski definition) is 12. The van der Waals surface area contributed by atoms with Crippen LogP contribution in [0.15, 0.2) is 76.0 Å². The largest absolute Gasteiger partial charge is 0.508 e. The second kappa shape index (κ2) is 19.3. The molecule has 3 aliphatic rings. The fourth-order valence-corrected chi connectivity index (χ4v) is 7.20. The van der Waals surface area contributed by atoms with Gasteiger partial charge in [0.2, 0.25) is 23.8 Å². The Morgan fingerprint density at radius 2 is 1.28 bits per heavy atom. The topological polar surface area (TPSA) is 355 Å². The highest BCUT2D eigenvalue weighted by Gasteiger charge is 2.50. The van der Waals surface area contributed by atoms with Crippen molar-refractivity contribution in [3.05, 3.63) is 82.5 Å². The van der Waals surface area contributed by atoms with Gasteiger partial charge in [0, 0.05) is 23.8 Å². The molecule has 64 heavy (non-hydrogen) atoms. The number of aliphatic hydroxyl groups excluding tert-OH is 9. The fraction of sp³-hybridized carbons (Fsp3) is 0.429. The Bertz CT molecular complexity index is 2330. The van der Waals surface area contributed by atoms with Gasteiger partial charge in [-0.25, -0.2) is 4.79 Å². The Labute approximate surface area is 361 Å². The lowest BCUT2D eigenvalue weighted by molar-refractivity contribution is -0.319. The summed E-state index contributed by atoms with van der Waals surface area (Å²) < 4.78 is 45.7. The van der Waals surface area contributed by atoms with E-state index >= 15 is 0 Å². The minimum atomic E-state index is -2.12. The van der Waals surface area contributed by atoms with Crippen molar-refractivity contribution in [2.24, 2.45) is 0 Å². The molecule has 346 valence electrons. The molecule has 0 radical (unpaired) electrons. The van der Waals surface area contributed by atoms with Gasteiger partial charge in [-0.1, -0.05) is 12.1 Å². The van der Waals surface area contributed by atoms with Crippen LogP contribution in [0, 0.1) is 0 Å². The first-order chi connectivity index (χ1) is 30.4. The first-order valence-electron chi connectivity index (χ1n) is 19.7. The quantitative estimate of drug-likeness (QED) is 0.0543. The molecule has 3 aliphatic heterocycles. The summed E-state index contributed by atoms with van der Waals surface area (Å²) in [6, 6.07) is 12.8. The van der Waals surface area contributed by atoms with E-state index in [1.807, 2.05) is 0 Å². The zero-order chi connectivity index (χ0) is 46.1. The Balaban J connectivity index is 1.21. The summed E-state index contributed by atoms with van der Waals surface area (Å²) in [5, 5.41) is 125. The SMILES string of the molecule is C[C@@H]1O[C@H](OC[C@H]2O[C@@H](Oc3c(-c4ccc(O)cc4)oc4cc(O[C@@H]5O[C@H](CO)[C@@H](O)[C@H](O)[C@H]5O)cc(O)c4c3=O)[C@H](O)[C@@H](O)[C@H]2OC(=O)/C=C/c2ccc(O)cc2)[C@H](O)[C@H](O)[C@H]1O. The molecule has 4 heterocycles. The number of fused-ring (bicyclic) bond motifs is 1. The highest BCUT2D eigenvalue weighted by molar-refractivity contribution is 5.88. The van der Waals surface area contributed by atoms with Crippen molar-refractivity contribution in [2.45, 2.75) is 99.0 Å². The van der Waals surface area contributed by atoms with Gasteiger partial charge >= 0.3 is 5.97 Å². The predicted molar refractivity (Wildman–Crippen MR) is 212 cm³/mol. The summed E-state index contributed by atoms with van der Waals surface area (Å²) in [5.74, 6) is -3.47. The van der Waals surface area contributed by atoms with Gasteiger partial charge in [0.1, 0.15) is 95.0 Å². The molecule has 1 aromatic heterocycles. The summed E-state index contributed by atoms with van der Waals surface area (Å²) in [7, 11) is 0. The van der Waals surface area contributed by atoms with Crippen LogP contribution in [0.3, 0.4) is 0 Å². The van der Waals surface area contributed by atoms with Crippen molar-refractivity contribution in [3.63, 3.8) is 0 Å². The average molecular weight is 903 g/mol. The number of aliphatic hydroxyl groups is 9. The standard InChI is InChI=1S/C42H46O22/c1-16-28(48)31(51)34(54)40(58-16)57-15-25-38(63-26(47)11-4-17-2-7-19(44)8-3-17)33(53)36(56)42(62-25)64-39-30(50)27-22(46)12-21(59-41-35(55)32(52)29(49)24(14-43)61-41)13-23(27)60-37(39)18-5-9-20(45)10-6-18/h2-13,16,24-25,28-29,31-36,38,40-46,48-49,51-56H,14-15H2,1H3/b11-4+/t16-,24+,25+,28-,29+,31+,32-,33+,34+,35+,36+,38-,40-,41+,42-/m0/s1. The summed E-state index contributed by atoms with van der Waals surface area (Å²) in [6.07, 6.45) is -23.2. The van der Waals surface area contributed by atoms with Gasteiger partial charge in [-0.3, -0.25) is 4.79 Å². The van der Waals surface area contributed by atoms with Crippen molar-refractivity contribution in [3.8, 4) is 40.1 Å². The van der Waals surface area contributed by atoms with E-state index in [1.165, 1.54) is 61.5 Å². The van der Waals surface area contributed by atoms with Crippen LogP contribution in [0.25, 0.3) is 28.4 Å². The number of esters is 1. The monoisotopic (exact) mass is 902 g/mol. The van der Waals surface area contributed by atoms with Gasteiger partial charge in [-0.05, 0) is 55.0 Å². The highest BCUT2D eigenvalue weighted by atomic mass is 16.7. The lowest BCUT2D eigenvalue weighted by atomic mass is 9.98. The van der Waals surface area contributed by atoms with Crippen LogP contribution >= 0.6 is 0 Å². The lowest BCUT2D eigenvalue weighted by Gasteiger charge is -2.43. The van der Waals surface area contributed by atoms with Crippen LogP contribution in [-0.2, 0) is 28.5 Å². The third-order valence-electron chi connectivity index (χ3n) is 10.8. The maximum atomic E-state index is 14.3. The number of phenolic OH excluding ortho intramolecular Hbond substituents is 3. The Kier molecular flexibility index (Phi) is 14.1. The van der Waals surface area contributed by atoms with Gasteiger partial charge in [-0.15, -0.1) is 0 Å². The maximum Gasteiger partial charge on any atom is 0.331 e. The molecule has 0 amide bonds. The molecule has 7 rings (SSSR count). The van der Waals surface area contributed by atoms with Crippen molar-refractivity contribution in [2.75, 3.05) is 13.2 Å². The molecule has 0 bridgehead atoms. The van der Waals surface area contributed by atoms with E-state index in [0.717, 1.165) is 18.2 Å². The number of carbonyl (C=O) groups is 1. The number of ether oxygens (including phenoxy) is 7. The number of hydrogen-bond acceptors (Lipinski definition) is 22. The lowest BCUT2D eigenvalue weighted by Crippen LogP contribution is -2.62. The van der Waals surface area contributed by atoms with E-state index in [4.69, 9.17) is 37.6 Å². The molecule has 3 fully saturated rings. The smallest absolute Gasteiger partial charge is 0.331 e. The predicted octanol–water partition coefficient (Wildman–Crippen LogP) is -1.95. The van der Waals surface area contributed by atoms with Crippen LogP contribution in [0.4, 0.5) is 0 Å². The summed E-state index contributed by atoms with van der Waals surface area (Å²) in [4.78, 5) is 27.4. The fourth-order valence-electron chi connectivity index (χ4n) is 7.20. The van der Waals surface area contributed by atoms with E-state index < -0.39 is 139 Å². The first-order valence-corrected chi connectivity index (χ1v) is 19.7. The Hall–Kier alpha value is -5.44. The van der Waals surface area contributed by atoms with Crippen LogP contribution in [0.5, 0.6) is 28.7 Å². The molecule has 22 nitrogen and oxygen atoms in total. The number of benzene rings is 3. The molecule has 15 atom stereocenters. The van der Waals surface area contributed by atoms with Crippen molar-refractivity contribution in [1.29, 1.82) is 0 Å². The Morgan fingerprint density at radius 1 is 0.688 bits per heavy atom. The Morgan fingerprint density at radius 3 is 1.95 bits per heavy atom. The molecule has 22 heteroatoms. The van der Waals surface area contributed by atoms with E-state index in [1.54, 1.807) is 0 Å². The number of carbonyl (C=O) groups excluding carboxylic acids is 1. The van der Waals surface area contributed by atoms with E-state index in [9.17, 15) is 70.9 Å². The minimum absolute atomic E-state index is 0.0263. The summed E-state index contributed by atoms with van der Waals surface area (Å²) in [5.41, 5.74) is -0.907. The molecule has 0 spiro atoms. The molecule has 0 saturated carbocycles. The molecule has 0 unspecified atom stereocenters. The van der Waals surface area contributed by atoms with E-state index in [2.05, 4.69) is 0 Å². The van der Waals surface area contributed by atoms with Crippen LogP contribution in [-0.4, -0.2) is 173 Å². The average Bonchev–Trinajstić information content (AvgIpc) is 3.27. The van der Waals surface area contributed by atoms with Crippen LogP contribution < -0.4 is 14.9 Å². The van der Waals surface area contributed by atoms with Crippen molar-refractivity contribution < 1.29 is 104 Å². The van der Waals surface area contributed by atoms with Crippen molar-refractivity contribution >= 4 is 23.0 Å². The van der Waals surface area contributed by atoms with Gasteiger partial charge in [-0.2, -0.15) is 0 Å². The molecule has 3 aromatic carbocycles. The zero-order valence-corrected chi connectivity index (χ0v) is 33.5. The summed E-state index contributed by atoms with van der Waals surface area (Å²) >= 11 is 0. The zero-order valence-electron chi connectivity index (χ0n) is 33.5. The number of aromatic hydroxyl groups is 3. The molecule has 3 saturated heterocycles. The first kappa shape index (κ1) is 46.5. The highest BCUT2D eigenvalue weighted by Crippen LogP contribution is 2.39. The van der Waals surface area contributed by atoms with Crippen LogP contribution in [0.2, 0.25) is 0 Å². The molecule has 4 aromatic rings. The third-order valence-corrected chi connectivity index (χ3v) is 10.8. The van der Waals surface area contributed by atoms with Gasteiger partial charge in [0.25, 0.3) is 0 Å². The normalized spacial score (nSPS) is 33.2. The summed E-state index contributed by atoms with van der Waals surface area (Å²) in [6.45, 7) is -0.0756. The third kappa shape index (κ3) is 9.64. The van der Waals surface area contributed by atoms with Crippen molar-refractivity contribution in [1.82, 2.24) is 0 Å². The molecule has 0 aliphatic carbocycles. The van der Waals surface area contributed by atoms with E-state index in [0.29, 0.717) is 5.56 Å². The number of phenols is 3. The van der Waals surface area contributed by atoms with Gasteiger partial charge in [0.05, 0.1) is 19.3 Å². The van der Waals surface area contributed by atoms with Crippen LogP contribution in [0.1, 0.15) is 12.5 Å². The minimum Gasteiger partial charge on any atom is -0.508 e. The molecular weight excluding hydrogens is 856 g/mol. The van der Waals surface area contributed by atoms with Gasteiger partial charge < -0.3 is 98.9 Å². The molecule has 12 N–H and O–H groups in total. The second-order valence-electron chi connectivity index (χ2n) is 15.3. The van der Waals surface area contributed by atoms with E-state index in [-0.39, 0.29) is 28.4 Å². The second-order valence-corrected chi connectivity index (χ2v) is 15.3. The van der Waals surface area contributed by atoms with Gasteiger partial charge in [0.15, 0.2) is 18.2 Å². The maximum absolute atomic E-state index is 14.3.